The second-order valence-corrected chi connectivity index (χ2v) is 7.76. The molecule has 0 aliphatic carbocycles. The Hall–Kier alpha value is -2.31. The van der Waals surface area contributed by atoms with Crippen molar-refractivity contribution in [2.75, 3.05) is 5.32 Å². The van der Waals surface area contributed by atoms with Gasteiger partial charge in [-0.2, -0.15) is 0 Å². The highest BCUT2D eigenvalue weighted by atomic mass is 32.2. The van der Waals surface area contributed by atoms with E-state index in [0.717, 1.165) is 26.9 Å². The lowest BCUT2D eigenvalue weighted by molar-refractivity contribution is 0.102. The van der Waals surface area contributed by atoms with Gasteiger partial charge in [0, 0.05) is 21.6 Å². The summed E-state index contributed by atoms with van der Waals surface area (Å²) >= 11 is 3.34. The molecule has 4 nitrogen and oxygen atoms in total. The number of hydrogen-bond donors (Lipinski definition) is 2. The van der Waals surface area contributed by atoms with Crippen molar-refractivity contribution in [3.05, 3.63) is 69.7 Å². The Balaban J connectivity index is 1.62. The van der Waals surface area contributed by atoms with E-state index in [1.165, 1.54) is 0 Å². The number of hydrogen-bond acceptors (Lipinski definition) is 5. The number of carbonyl (C=O) groups is 1. The molecule has 128 valence electrons. The van der Waals surface area contributed by atoms with E-state index in [-0.39, 0.29) is 11.7 Å². The topological polar surface area (TPSA) is 62.2 Å². The lowest BCUT2D eigenvalue weighted by atomic mass is 10.2. The van der Waals surface area contributed by atoms with E-state index in [1.54, 1.807) is 47.4 Å². The normalized spacial score (nSPS) is 10.6. The molecular weight excluding hydrogens is 352 g/mol. The van der Waals surface area contributed by atoms with E-state index < -0.39 is 0 Å². The first kappa shape index (κ1) is 17.5. The number of thioether (sulfide) groups is 1. The van der Waals surface area contributed by atoms with E-state index in [1.807, 2.05) is 32.0 Å². The number of carbonyl (C=O) groups excluding carboxylic acids is 1. The standard InChI is InChI=1S/C19H18N2O2S2/c1-12-3-8-17(18(22)9-12)21-19(23)14-4-6-16(7-5-14)25-11-15-10-24-13(2)20-15/h3-10,22H,11H2,1-2H3,(H,21,23). The smallest absolute Gasteiger partial charge is 0.255 e. The first-order valence-corrected chi connectivity index (χ1v) is 9.62. The molecule has 6 heteroatoms. The van der Waals surface area contributed by atoms with Crippen LogP contribution in [0.25, 0.3) is 0 Å². The number of aromatic nitrogens is 1. The zero-order valence-corrected chi connectivity index (χ0v) is 15.6. The summed E-state index contributed by atoms with van der Waals surface area (Å²) in [5, 5.41) is 15.8. The maximum atomic E-state index is 12.3. The molecule has 1 aromatic heterocycles. The fourth-order valence-corrected chi connectivity index (χ4v) is 3.79. The fraction of sp³-hybridized carbons (Fsp3) is 0.158. The summed E-state index contributed by atoms with van der Waals surface area (Å²) < 4.78 is 0. The highest BCUT2D eigenvalue weighted by Crippen LogP contribution is 2.26. The van der Waals surface area contributed by atoms with E-state index >= 15 is 0 Å². The quantitative estimate of drug-likeness (QED) is 0.489. The van der Waals surface area contributed by atoms with Crippen LogP contribution in [0, 0.1) is 13.8 Å². The maximum Gasteiger partial charge on any atom is 0.255 e. The molecule has 3 aromatic rings. The number of aryl methyl sites for hydroxylation is 2. The van der Waals surface area contributed by atoms with Gasteiger partial charge in [0.2, 0.25) is 0 Å². The molecule has 0 unspecified atom stereocenters. The average Bonchev–Trinajstić information content (AvgIpc) is 3.01. The van der Waals surface area contributed by atoms with Gasteiger partial charge in [-0.25, -0.2) is 4.98 Å². The first-order valence-electron chi connectivity index (χ1n) is 7.76. The van der Waals surface area contributed by atoms with Crippen LogP contribution in [0.2, 0.25) is 0 Å². The Morgan fingerprint density at radius 2 is 1.96 bits per heavy atom. The third kappa shape index (κ3) is 4.61. The molecule has 2 N–H and O–H groups in total. The number of phenolic OH excluding ortho intramolecular Hbond substituents is 1. The van der Waals surface area contributed by atoms with Crippen molar-refractivity contribution < 1.29 is 9.90 Å². The number of nitrogens with zero attached hydrogens (tertiary/aromatic N) is 1. The number of benzene rings is 2. The number of phenols is 1. The van der Waals surface area contributed by atoms with Gasteiger partial charge < -0.3 is 10.4 Å². The molecule has 2 aromatic carbocycles. The number of nitrogens with one attached hydrogen (secondary N) is 1. The predicted octanol–water partition coefficient (Wildman–Crippen LogP) is 5.01. The minimum absolute atomic E-state index is 0.0686. The van der Waals surface area contributed by atoms with Gasteiger partial charge >= 0.3 is 0 Å². The molecule has 0 aliphatic heterocycles. The Kier molecular flexibility index (Phi) is 5.40. The number of rotatable bonds is 5. The van der Waals surface area contributed by atoms with Gasteiger partial charge in [0.15, 0.2) is 0 Å². The molecule has 0 fully saturated rings. The summed E-state index contributed by atoms with van der Waals surface area (Å²) in [5.74, 6) is 0.637. The van der Waals surface area contributed by atoms with Crippen molar-refractivity contribution in [1.29, 1.82) is 0 Å². The van der Waals surface area contributed by atoms with Crippen LogP contribution in [0.1, 0.15) is 26.6 Å². The molecule has 0 saturated heterocycles. The second kappa shape index (κ2) is 7.72. The van der Waals surface area contributed by atoms with Gasteiger partial charge in [0.05, 0.1) is 16.4 Å². The van der Waals surface area contributed by atoms with Crippen LogP contribution < -0.4 is 5.32 Å². The summed E-state index contributed by atoms with van der Waals surface area (Å²) in [6.07, 6.45) is 0. The zero-order valence-electron chi connectivity index (χ0n) is 13.9. The number of anilines is 1. The van der Waals surface area contributed by atoms with Gasteiger partial charge in [-0.15, -0.1) is 23.1 Å². The summed E-state index contributed by atoms with van der Waals surface area (Å²) in [4.78, 5) is 17.8. The number of amides is 1. The Morgan fingerprint density at radius 1 is 1.20 bits per heavy atom. The van der Waals surface area contributed by atoms with Crippen LogP contribution >= 0.6 is 23.1 Å². The molecule has 1 amide bonds. The van der Waals surface area contributed by atoms with Crippen LogP contribution in [0.3, 0.4) is 0 Å². The van der Waals surface area contributed by atoms with Crippen LogP contribution in [-0.2, 0) is 5.75 Å². The van der Waals surface area contributed by atoms with Crippen LogP contribution in [0.15, 0.2) is 52.7 Å². The molecule has 0 bridgehead atoms. The summed E-state index contributed by atoms with van der Waals surface area (Å²) in [6, 6.07) is 12.6. The third-order valence-electron chi connectivity index (χ3n) is 3.57. The molecule has 3 rings (SSSR count). The Morgan fingerprint density at radius 3 is 2.60 bits per heavy atom. The van der Waals surface area contributed by atoms with Crippen molar-refractivity contribution in [2.24, 2.45) is 0 Å². The van der Waals surface area contributed by atoms with Gasteiger partial charge in [-0.1, -0.05) is 6.07 Å². The van der Waals surface area contributed by atoms with Gasteiger partial charge in [-0.3, -0.25) is 4.79 Å². The molecule has 0 saturated carbocycles. The van der Waals surface area contributed by atoms with Crippen LogP contribution in [0.4, 0.5) is 5.69 Å². The van der Waals surface area contributed by atoms with E-state index in [0.29, 0.717) is 11.3 Å². The van der Waals surface area contributed by atoms with E-state index in [4.69, 9.17) is 0 Å². The average molecular weight is 370 g/mol. The van der Waals surface area contributed by atoms with Gasteiger partial charge in [0.1, 0.15) is 5.75 Å². The lowest BCUT2D eigenvalue weighted by Gasteiger charge is -2.08. The molecule has 25 heavy (non-hydrogen) atoms. The minimum atomic E-state index is -0.245. The largest absolute Gasteiger partial charge is 0.506 e. The molecule has 0 atom stereocenters. The monoisotopic (exact) mass is 370 g/mol. The lowest BCUT2D eigenvalue weighted by Crippen LogP contribution is -2.11. The zero-order chi connectivity index (χ0) is 17.8. The van der Waals surface area contributed by atoms with Crippen molar-refractivity contribution in [1.82, 2.24) is 4.98 Å². The maximum absolute atomic E-state index is 12.3. The number of thiazole rings is 1. The molecule has 1 heterocycles. The summed E-state index contributed by atoms with van der Waals surface area (Å²) in [7, 11) is 0. The predicted molar refractivity (Wildman–Crippen MR) is 104 cm³/mol. The van der Waals surface area contributed by atoms with E-state index in [2.05, 4.69) is 15.7 Å². The SMILES string of the molecule is Cc1ccc(NC(=O)c2ccc(SCc3csc(C)n3)cc2)c(O)c1. The highest BCUT2D eigenvalue weighted by Gasteiger charge is 2.09. The number of aromatic hydroxyl groups is 1. The molecular formula is C19H18N2O2S2. The van der Waals surface area contributed by atoms with Crippen molar-refractivity contribution in [3.63, 3.8) is 0 Å². The van der Waals surface area contributed by atoms with E-state index in [9.17, 15) is 9.90 Å². The fourth-order valence-electron chi connectivity index (χ4n) is 2.28. The van der Waals surface area contributed by atoms with Crippen molar-refractivity contribution >= 4 is 34.7 Å². The summed E-state index contributed by atoms with van der Waals surface area (Å²) in [5.41, 5.74) is 2.97. The third-order valence-corrected chi connectivity index (χ3v) is 5.44. The molecule has 0 radical (unpaired) electrons. The Bertz CT molecular complexity index is 889. The minimum Gasteiger partial charge on any atom is -0.506 e. The molecule has 0 spiro atoms. The Labute approximate surface area is 154 Å². The van der Waals surface area contributed by atoms with Crippen molar-refractivity contribution in [2.45, 2.75) is 24.5 Å². The molecule has 0 aliphatic rings. The van der Waals surface area contributed by atoms with Crippen LogP contribution in [0.5, 0.6) is 5.75 Å². The second-order valence-electron chi connectivity index (χ2n) is 5.65. The van der Waals surface area contributed by atoms with Crippen molar-refractivity contribution in [3.8, 4) is 5.75 Å². The van der Waals surface area contributed by atoms with Gasteiger partial charge in [0.25, 0.3) is 5.91 Å². The van der Waals surface area contributed by atoms with Crippen LogP contribution in [-0.4, -0.2) is 16.0 Å². The highest BCUT2D eigenvalue weighted by molar-refractivity contribution is 7.98. The van der Waals surface area contributed by atoms with Gasteiger partial charge in [-0.05, 0) is 55.8 Å². The first-order chi connectivity index (χ1) is 12.0. The summed E-state index contributed by atoms with van der Waals surface area (Å²) in [6.45, 7) is 3.88.